The molecular weight excluding hydrogens is 184 g/mol. The van der Waals surface area contributed by atoms with Crippen LogP contribution in [0.1, 0.15) is 20.8 Å². The van der Waals surface area contributed by atoms with E-state index in [-0.39, 0.29) is 5.57 Å². The Kier molecular flexibility index (Phi) is 4.08. The summed E-state index contributed by atoms with van der Waals surface area (Å²) in [6.07, 6.45) is 3.42. The highest BCUT2D eigenvalue weighted by Crippen LogP contribution is 2.25. The van der Waals surface area contributed by atoms with Crippen molar-refractivity contribution < 1.29 is 19.8 Å². The maximum atomic E-state index is 10.8. The van der Waals surface area contributed by atoms with Crippen molar-refractivity contribution in [2.75, 3.05) is 0 Å². The van der Waals surface area contributed by atoms with Gasteiger partial charge in [-0.2, -0.15) is 0 Å². The van der Waals surface area contributed by atoms with E-state index in [2.05, 4.69) is 0 Å². The fourth-order valence-corrected chi connectivity index (χ4v) is 0.869. The summed E-state index contributed by atoms with van der Waals surface area (Å²) in [5, 5.41) is 17.1. The Morgan fingerprint density at radius 2 is 1.64 bits per heavy atom. The van der Waals surface area contributed by atoms with Crippen LogP contribution in [0.3, 0.4) is 0 Å². The molecule has 0 saturated carbocycles. The van der Waals surface area contributed by atoms with Gasteiger partial charge < -0.3 is 10.2 Å². The summed E-state index contributed by atoms with van der Waals surface area (Å²) in [5.74, 6) is -2.13. The van der Waals surface area contributed by atoms with Gasteiger partial charge in [-0.1, -0.05) is 32.9 Å². The molecule has 0 atom stereocenters. The van der Waals surface area contributed by atoms with Crippen molar-refractivity contribution in [3.63, 3.8) is 0 Å². The normalized spacial score (nSPS) is 13.2. The molecule has 0 aromatic carbocycles. The second-order valence-corrected chi connectivity index (χ2v) is 3.83. The molecule has 78 valence electrons. The molecule has 14 heavy (non-hydrogen) atoms. The maximum Gasteiger partial charge on any atom is 0.332 e. The van der Waals surface area contributed by atoms with E-state index in [0.717, 1.165) is 6.08 Å². The first-order valence-corrected chi connectivity index (χ1v) is 4.10. The third-order valence-corrected chi connectivity index (χ3v) is 1.54. The quantitative estimate of drug-likeness (QED) is 0.534. The second kappa shape index (κ2) is 4.60. The van der Waals surface area contributed by atoms with Crippen LogP contribution < -0.4 is 0 Å². The van der Waals surface area contributed by atoms with Gasteiger partial charge >= 0.3 is 11.9 Å². The highest BCUT2D eigenvalue weighted by molar-refractivity contribution is 5.88. The van der Waals surface area contributed by atoms with Crippen molar-refractivity contribution in [2.24, 2.45) is 5.41 Å². The summed E-state index contributed by atoms with van der Waals surface area (Å²) in [7, 11) is 0. The molecule has 0 aliphatic carbocycles. The number of carboxylic acids is 2. The molecule has 0 unspecified atom stereocenters. The Hall–Kier alpha value is -1.58. The summed E-state index contributed by atoms with van der Waals surface area (Å²) in [4.78, 5) is 20.9. The van der Waals surface area contributed by atoms with Crippen LogP contribution in [0.2, 0.25) is 0 Å². The Labute approximate surface area is 82.6 Å². The molecule has 0 spiro atoms. The van der Waals surface area contributed by atoms with E-state index in [9.17, 15) is 9.59 Å². The Balaban J connectivity index is 4.86. The number of aliphatic carboxylic acids is 2. The molecule has 0 amide bonds. The zero-order valence-corrected chi connectivity index (χ0v) is 8.44. The van der Waals surface area contributed by atoms with Crippen molar-refractivity contribution in [3.8, 4) is 0 Å². The van der Waals surface area contributed by atoms with Gasteiger partial charge in [0.25, 0.3) is 0 Å². The lowest BCUT2D eigenvalue weighted by atomic mass is 9.86. The van der Waals surface area contributed by atoms with Crippen molar-refractivity contribution in [3.05, 3.63) is 23.8 Å². The number of rotatable bonds is 3. The summed E-state index contributed by atoms with van der Waals surface area (Å²) in [6.45, 7) is 5.25. The molecule has 0 aromatic rings. The molecule has 0 aromatic heterocycles. The van der Waals surface area contributed by atoms with Gasteiger partial charge in [0, 0.05) is 11.6 Å². The largest absolute Gasteiger partial charge is 0.478 e. The van der Waals surface area contributed by atoms with Gasteiger partial charge in [-0.3, -0.25) is 0 Å². The molecule has 0 fully saturated rings. The fourth-order valence-electron chi connectivity index (χ4n) is 0.869. The summed E-state index contributed by atoms with van der Waals surface area (Å²) in [5.41, 5.74) is -0.329. The Bertz CT molecular complexity index is 292. The van der Waals surface area contributed by atoms with Crippen molar-refractivity contribution in [1.82, 2.24) is 0 Å². The third kappa shape index (κ3) is 4.45. The summed E-state index contributed by atoms with van der Waals surface area (Å²) >= 11 is 0. The van der Waals surface area contributed by atoms with Crippen LogP contribution in [0.5, 0.6) is 0 Å². The molecule has 0 heterocycles. The van der Waals surface area contributed by atoms with Crippen LogP contribution in [-0.2, 0) is 9.59 Å². The first-order chi connectivity index (χ1) is 6.25. The average Bonchev–Trinajstić information content (AvgIpc) is 1.94. The van der Waals surface area contributed by atoms with Crippen molar-refractivity contribution in [1.29, 1.82) is 0 Å². The second-order valence-electron chi connectivity index (χ2n) is 3.83. The zero-order valence-electron chi connectivity index (χ0n) is 8.44. The van der Waals surface area contributed by atoms with Gasteiger partial charge in [-0.05, 0) is 5.41 Å². The van der Waals surface area contributed by atoms with Gasteiger partial charge in [-0.25, -0.2) is 9.59 Å². The molecule has 0 saturated heterocycles. The van der Waals surface area contributed by atoms with E-state index in [1.54, 1.807) is 20.8 Å². The lowest BCUT2D eigenvalue weighted by molar-refractivity contribution is -0.134. The SMILES string of the molecule is CC(C)(C)/C(=C\C=C\C(=O)O)C(=O)O. The van der Waals surface area contributed by atoms with Gasteiger partial charge in [-0.15, -0.1) is 0 Å². The van der Waals surface area contributed by atoms with Crippen molar-refractivity contribution in [2.45, 2.75) is 20.8 Å². The van der Waals surface area contributed by atoms with Crippen molar-refractivity contribution >= 4 is 11.9 Å². The Morgan fingerprint density at radius 3 is 1.93 bits per heavy atom. The Morgan fingerprint density at radius 1 is 1.14 bits per heavy atom. The van der Waals surface area contributed by atoms with Gasteiger partial charge in [0.05, 0.1) is 0 Å². The smallest absolute Gasteiger partial charge is 0.332 e. The van der Waals surface area contributed by atoms with Crippen LogP contribution in [0.4, 0.5) is 0 Å². The highest BCUT2D eigenvalue weighted by Gasteiger charge is 2.22. The van der Waals surface area contributed by atoms with Crippen LogP contribution in [0, 0.1) is 5.41 Å². The van der Waals surface area contributed by atoms with Gasteiger partial charge in [0.1, 0.15) is 0 Å². The lowest BCUT2D eigenvalue weighted by Crippen LogP contribution is -2.17. The molecule has 0 aliphatic heterocycles. The lowest BCUT2D eigenvalue weighted by Gasteiger charge is -2.18. The van der Waals surface area contributed by atoms with Crippen LogP contribution >= 0.6 is 0 Å². The molecule has 0 aliphatic rings. The van der Waals surface area contributed by atoms with E-state index in [1.165, 1.54) is 12.2 Å². The summed E-state index contributed by atoms with van der Waals surface area (Å²) < 4.78 is 0. The van der Waals surface area contributed by atoms with E-state index < -0.39 is 17.4 Å². The molecule has 0 radical (unpaired) electrons. The molecule has 4 nitrogen and oxygen atoms in total. The van der Waals surface area contributed by atoms with E-state index in [1.807, 2.05) is 0 Å². The molecule has 0 bridgehead atoms. The third-order valence-electron chi connectivity index (χ3n) is 1.54. The van der Waals surface area contributed by atoms with Gasteiger partial charge in [0.15, 0.2) is 0 Å². The number of hydrogen-bond acceptors (Lipinski definition) is 2. The first-order valence-electron chi connectivity index (χ1n) is 4.10. The maximum absolute atomic E-state index is 10.8. The molecule has 2 N–H and O–H groups in total. The molecular formula is C10H14O4. The topological polar surface area (TPSA) is 74.6 Å². The number of carbonyl (C=O) groups is 2. The predicted molar refractivity (Wildman–Crippen MR) is 51.9 cm³/mol. The van der Waals surface area contributed by atoms with Crippen LogP contribution in [-0.4, -0.2) is 22.2 Å². The molecule has 4 heteroatoms. The standard InChI is InChI=1S/C10H14O4/c1-10(2,3)7(9(13)14)5-4-6-8(11)12/h4-6H,1-3H3,(H,11,12)(H,13,14)/b6-4+,7-5-. The number of allylic oxidation sites excluding steroid dienone is 2. The number of carboxylic acid groups (broad SMARTS) is 2. The van der Waals surface area contributed by atoms with Gasteiger partial charge in [0.2, 0.25) is 0 Å². The van der Waals surface area contributed by atoms with E-state index >= 15 is 0 Å². The first kappa shape index (κ1) is 12.4. The minimum Gasteiger partial charge on any atom is -0.478 e. The summed E-state index contributed by atoms with van der Waals surface area (Å²) in [6, 6.07) is 0. The predicted octanol–water partition coefficient (Wildman–Crippen LogP) is 1.68. The fraction of sp³-hybridized carbons (Fsp3) is 0.400. The minimum absolute atomic E-state index is 0.176. The zero-order chi connectivity index (χ0) is 11.4. The monoisotopic (exact) mass is 198 g/mol. The highest BCUT2D eigenvalue weighted by atomic mass is 16.4. The van der Waals surface area contributed by atoms with Crippen LogP contribution in [0.25, 0.3) is 0 Å². The minimum atomic E-state index is -1.10. The average molecular weight is 198 g/mol. The van der Waals surface area contributed by atoms with Crippen LogP contribution in [0.15, 0.2) is 23.8 Å². The van der Waals surface area contributed by atoms with E-state index in [0.29, 0.717) is 0 Å². The number of hydrogen-bond donors (Lipinski definition) is 2. The van der Waals surface area contributed by atoms with E-state index in [4.69, 9.17) is 10.2 Å². The molecule has 0 rings (SSSR count).